The van der Waals surface area contributed by atoms with E-state index in [0.717, 1.165) is 43.0 Å². The molecule has 0 spiro atoms. The second kappa shape index (κ2) is 6.18. The van der Waals surface area contributed by atoms with Gasteiger partial charge in [0, 0.05) is 31.1 Å². The van der Waals surface area contributed by atoms with Crippen LogP contribution in [0.1, 0.15) is 24.6 Å². The zero-order chi connectivity index (χ0) is 14.7. The molecule has 0 saturated heterocycles. The molecule has 0 fully saturated rings. The van der Waals surface area contributed by atoms with Gasteiger partial charge in [-0.2, -0.15) is 0 Å². The van der Waals surface area contributed by atoms with Gasteiger partial charge in [0.15, 0.2) is 5.82 Å². The first kappa shape index (κ1) is 13.9. The Balaban J connectivity index is 1.93. The Morgan fingerprint density at radius 3 is 2.95 bits per heavy atom. The lowest BCUT2D eigenvalue weighted by molar-refractivity contribution is 0.128. The average Bonchev–Trinajstić information content (AvgIpc) is 3.01. The van der Waals surface area contributed by atoms with Crippen molar-refractivity contribution >= 4 is 5.82 Å². The van der Waals surface area contributed by atoms with Gasteiger partial charge in [0.1, 0.15) is 11.5 Å². The molecule has 0 saturated carbocycles. The Morgan fingerprint density at radius 2 is 2.19 bits per heavy atom. The summed E-state index contributed by atoms with van der Waals surface area (Å²) in [7, 11) is 1.72. The summed E-state index contributed by atoms with van der Waals surface area (Å²) in [6.07, 6.45) is 5.12. The van der Waals surface area contributed by atoms with Gasteiger partial charge in [-0.1, -0.05) is 6.07 Å². The van der Waals surface area contributed by atoms with Crippen LogP contribution in [0.3, 0.4) is 0 Å². The largest absolute Gasteiger partial charge is 0.380 e. The molecule has 0 amide bonds. The van der Waals surface area contributed by atoms with Gasteiger partial charge in [-0.05, 0) is 38.3 Å². The SMILES string of the molecule is COC(C)CNc1nc(-c2ccccn2)nc2c1CCC2. The number of anilines is 1. The highest BCUT2D eigenvalue weighted by molar-refractivity contribution is 5.57. The molecule has 1 atom stereocenters. The first-order valence-corrected chi connectivity index (χ1v) is 7.36. The number of rotatable bonds is 5. The zero-order valence-electron chi connectivity index (χ0n) is 12.5. The van der Waals surface area contributed by atoms with E-state index in [1.54, 1.807) is 13.3 Å². The van der Waals surface area contributed by atoms with E-state index in [9.17, 15) is 0 Å². The molecule has 21 heavy (non-hydrogen) atoms. The van der Waals surface area contributed by atoms with E-state index in [0.29, 0.717) is 5.82 Å². The van der Waals surface area contributed by atoms with E-state index in [1.165, 1.54) is 5.56 Å². The lowest BCUT2D eigenvalue weighted by atomic mass is 10.2. The normalized spacial score (nSPS) is 14.8. The molecule has 1 unspecified atom stereocenters. The van der Waals surface area contributed by atoms with Crippen molar-refractivity contribution < 1.29 is 4.74 Å². The third-order valence-electron chi connectivity index (χ3n) is 3.79. The maximum absolute atomic E-state index is 5.29. The summed E-state index contributed by atoms with van der Waals surface area (Å²) in [5, 5.41) is 3.40. The van der Waals surface area contributed by atoms with Crippen LogP contribution in [-0.4, -0.2) is 34.7 Å². The van der Waals surface area contributed by atoms with Gasteiger partial charge in [0.2, 0.25) is 0 Å². The van der Waals surface area contributed by atoms with E-state index in [4.69, 9.17) is 4.74 Å². The van der Waals surface area contributed by atoms with Crippen molar-refractivity contribution in [1.29, 1.82) is 0 Å². The summed E-state index contributed by atoms with van der Waals surface area (Å²) in [5.74, 6) is 1.63. The van der Waals surface area contributed by atoms with Crippen LogP contribution in [0.4, 0.5) is 5.82 Å². The number of methoxy groups -OCH3 is 1. The molecule has 1 aliphatic carbocycles. The van der Waals surface area contributed by atoms with Crippen molar-refractivity contribution in [3.63, 3.8) is 0 Å². The summed E-state index contributed by atoms with van der Waals surface area (Å²) in [6.45, 7) is 2.77. The number of hydrogen-bond acceptors (Lipinski definition) is 5. The minimum Gasteiger partial charge on any atom is -0.380 e. The van der Waals surface area contributed by atoms with Crippen LogP contribution >= 0.6 is 0 Å². The van der Waals surface area contributed by atoms with Gasteiger partial charge in [-0.15, -0.1) is 0 Å². The van der Waals surface area contributed by atoms with Gasteiger partial charge < -0.3 is 10.1 Å². The second-order valence-corrected chi connectivity index (χ2v) is 5.32. The quantitative estimate of drug-likeness (QED) is 0.914. The maximum Gasteiger partial charge on any atom is 0.180 e. The Bertz CT molecular complexity index is 615. The summed E-state index contributed by atoms with van der Waals surface area (Å²) < 4.78 is 5.29. The van der Waals surface area contributed by atoms with Crippen molar-refractivity contribution in [3.8, 4) is 11.5 Å². The predicted molar refractivity (Wildman–Crippen MR) is 82.2 cm³/mol. The number of hydrogen-bond donors (Lipinski definition) is 1. The van der Waals surface area contributed by atoms with Gasteiger partial charge in [-0.3, -0.25) is 4.98 Å². The van der Waals surface area contributed by atoms with Gasteiger partial charge in [0.05, 0.1) is 6.10 Å². The Morgan fingerprint density at radius 1 is 1.29 bits per heavy atom. The number of pyridine rings is 1. The zero-order valence-corrected chi connectivity index (χ0v) is 12.5. The number of aryl methyl sites for hydroxylation is 1. The van der Waals surface area contributed by atoms with Crippen molar-refractivity contribution in [2.75, 3.05) is 19.0 Å². The van der Waals surface area contributed by atoms with Crippen LogP contribution in [0.15, 0.2) is 24.4 Å². The minimum absolute atomic E-state index is 0.148. The van der Waals surface area contributed by atoms with Crippen LogP contribution in [-0.2, 0) is 17.6 Å². The highest BCUT2D eigenvalue weighted by Crippen LogP contribution is 2.28. The lowest BCUT2D eigenvalue weighted by Crippen LogP contribution is -2.20. The van der Waals surface area contributed by atoms with Crippen molar-refractivity contribution in [1.82, 2.24) is 15.0 Å². The molecule has 5 nitrogen and oxygen atoms in total. The van der Waals surface area contributed by atoms with E-state index in [-0.39, 0.29) is 6.10 Å². The molecule has 3 rings (SSSR count). The molecule has 0 aliphatic heterocycles. The summed E-state index contributed by atoms with van der Waals surface area (Å²) in [4.78, 5) is 13.7. The average molecular weight is 284 g/mol. The number of ether oxygens (including phenoxy) is 1. The monoisotopic (exact) mass is 284 g/mol. The molecule has 1 aliphatic rings. The fourth-order valence-electron chi connectivity index (χ4n) is 2.51. The Hall–Kier alpha value is -2.01. The smallest absolute Gasteiger partial charge is 0.180 e. The van der Waals surface area contributed by atoms with Crippen LogP contribution in [0, 0.1) is 0 Å². The molecule has 5 heteroatoms. The van der Waals surface area contributed by atoms with E-state index < -0.39 is 0 Å². The first-order valence-electron chi connectivity index (χ1n) is 7.36. The molecule has 2 heterocycles. The highest BCUT2D eigenvalue weighted by atomic mass is 16.5. The topological polar surface area (TPSA) is 59.9 Å². The van der Waals surface area contributed by atoms with E-state index in [1.807, 2.05) is 25.1 Å². The summed E-state index contributed by atoms with van der Waals surface area (Å²) in [5.41, 5.74) is 3.21. The van der Waals surface area contributed by atoms with Gasteiger partial charge >= 0.3 is 0 Å². The molecule has 0 radical (unpaired) electrons. The fraction of sp³-hybridized carbons (Fsp3) is 0.438. The molecular weight excluding hydrogens is 264 g/mol. The van der Waals surface area contributed by atoms with Crippen molar-refractivity contribution in [2.45, 2.75) is 32.3 Å². The number of aromatic nitrogens is 3. The second-order valence-electron chi connectivity index (χ2n) is 5.32. The van der Waals surface area contributed by atoms with Crippen LogP contribution in [0.5, 0.6) is 0 Å². The standard InChI is InChI=1S/C16H20N4O/c1-11(21-2)10-18-15-12-6-5-8-13(12)19-16(20-15)14-7-3-4-9-17-14/h3-4,7,9,11H,5-6,8,10H2,1-2H3,(H,18,19,20). The van der Waals surface area contributed by atoms with Crippen LogP contribution in [0.25, 0.3) is 11.5 Å². The Labute approximate surface area is 124 Å². The molecule has 2 aromatic rings. The minimum atomic E-state index is 0.148. The molecule has 1 N–H and O–H groups in total. The third kappa shape index (κ3) is 3.03. The van der Waals surface area contributed by atoms with E-state index >= 15 is 0 Å². The molecule has 0 bridgehead atoms. The highest BCUT2D eigenvalue weighted by Gasteiger charge is 2.20. The maximum atomic E-state index is 5.29. The van der Waals surface area contributed by atoms with Crippen molar-refractivity contribution in [3.05, 3.63) is 35.7 Å². The number of nitrogens with zero attached hydrogens (tertiary/aromatic N) is 3. The van der Waals surface area contributed by atoms with Gasteiger partial charge in [-0.25, -0.2) is 9.97 Å². The number of fused-ring (bicyclic) bond motifs is 1. The fourth-order valence-corrected chi connectivity index (χ4v) is 2.51. The molecule has 2 aromatic heterocycles. The Kier molecular flexibility index (Phi) is 4.10. The predicted octanol–water partition coefficient (Wildman–Crippen LogP) is 2.47. The first-order chi connectivity index (χ1) is 10.3. The molecule has 0 aromatic carbocycles. The summed E-state index contributed by atoms with van der Waals surface area (Å²) >= 11 is 0. The van der Waals surface area contributed by atoms with Gasteiger partial charge in [0.25, 0.3) is 0 Å². The van der Waals surface area contributed by atoms with Crippen LogP contribution < -0.4 is 5.32 Å². The third-order valence-corrected chi connectivity index (χ3v) is 3.79. The molecule has 110 valence electrons. The van der Waals surface area contributed by atoms with E-state index in [2.05, 4.69) is 20.3 Å². The molecular formula is C16H20N4O. The van der Waals surface area contributed by atoms with Crippen molar-refractivity contribution in [2.24, 2.45) is 0 Å². The summed E-state index contributed by atoms with van der Waals surface area (Å²) in [6, 6.07) is 5.80. The van der Waals surface area contributed by atoms with Crippen LogP contribution in [0.2, 0.25) is 0 Å². The lowest BCUT2D eigenvalue weighted by Gasteiger charge is -2.15. The number of nitrogens with one attached hydrogen (secondary N) is 1.